The summed E-state index contributed by atoms with van der Waals surface area (Å²) < 4.78 is 0. The monoisotopic (exact) mass is 234 g/mol. The summed E-state index contributed by atoms with van der Waals surface area (Å²) >= 11 is 0. The SMILES string of the molecule is CC(C)Cc1ccc(N2CCC(N)CC2)nn1. The molecule has 4 nitrogen and oxygen atoms in total. The van der Waals surface area contributed by atoms with Crippen LogP contribution in [0.2, 0.25) is 0 Å². The molecule has 1 fully saturated rings. The fourth-order valence-electron chi connectivity index (χ4n) is 2.18. The maximum absolute atomic E-state index is 5.89. The van der Waals surface area contributed by atoms with E-state index in [1.165, 1.54) is 0 Å². The van der Waals surface area contributed by atoms with Crippen LogP contribution in [0.4, 0.5) is 5.82 Å². The van der Waals surface area contributed by atoms with Crippen molar-refractivity contribution in [3.05, 3.63) is 17.8 Å². The van der Waals surface area contributed by atoms with E-state index >= 15 is 0 Å². The van der Waals surface area contributed by atoms with Crippen molar-refractivity contribution >= 4 is 5.82 Å². The van der Waals surface area contributed by atoms with Gasteiger partial charge in [-0.1, -0.05) is 13.8 Å². The van der Waals surface area contributed by atoms with Crippen molar-refractivity contribution in [2.45, 2.75) is 39.2 Å². The van der Waals surface area contributed by atoms with Crippen molar-refractivity contribution in [2.24, 2.45) is 11.7 Å². The van der Waals surface area contributed by atoms with Crippen molar-refractivity contribution in [3.63, 3.8) is 0 Å². The molecule has 1 aromatic heterocycles. The number of nitrogens with zero attached hydrogens (tertiary/aromatic N) is 3. The van der Waals surface area contributed by atoms with Gasteiger partial charge in [0.25, 0.3) is 0 Å². The number of aromatic nitrogens is 2. The predicted molar refractivity (Wildman–Crippen MR) is 70.0 cm³/mol. The quantitative estimate of drug-likeness (QED) is 0.863. The maximum atomic E-state index is 5.89. The van der Waals surface area contributed by atoms with Crippen LogP contribution >= 0.6 is 0 Å². The first-order valence-corrected chi connectivity index (χ1v) is 6.48. The Hall–Kier alpha value is -1.16. The molecule has 0 unspecified atom stereocenters. The zero-order chi connectivity index (χ0) is 12.3. The molecule has 94 valence electrons. The smallest absolute Gasteiger partial charge is 0.151 e. The molecule has 1 aromatic rings. The van der Waals surface area contributed by atoms with Gasteiger partial charge in [0, 0.05) is 19.1 Å². The Bertz CT molecular complexity index is 339. The largest absolute Gasteiger partial charge is 0.355 e. The van der Waals surface area contributed by atoms with Gasteiger partial charge in [-0.05, 0) is 37.3 Å². The molecule has 0 radical (unpaired) electrons. The third-order valence-electron chi connectivity index (χ3n) is 3.19. The van der Waals surface area contributed by atoms with E-state index in [9.17, 15) is 0 Å². The molecular weight excluding hydrogens is 212 g/mol. The summed E-state index contributed by atoms with van der Waals surface area (Å²) in [6, 6.07) is 4.54. The van der Waals surface area contributed by atoms with Gasteiger partial charge in [0.15, 0.2) is 5.82 Å². The van der Waals surface area contributed by atoms with Gasteiger partial charge in [-0.3, -0.25) is 0 Å². The van der Waals surface area contributed by atoms with Crippen molar-refractivity contribution in [1.82, 2.24) is 10.2 Å². The third kappa shape index (κ3) is 3.40. The Morgan fingerprint density at radius 1 is 1.29 bits per heavy atom. The molecule has 0 aromatic carbocycles. The Kier molecular flexibility index (Phi) is 3.94. The van der Waals surface area contributed by atoms with Crippen LogP contribution in [0, 0.1) is 5.92 Å². The lowest BCUT2D eigenvalue weighted by Gasteiger charge is -2.30. The van der Waals surface area contributed by atoms with Gasteiger partial charge in [0.2, 0.25) is 0 Å². The fourth-order valence-corrected chi connectivity index (χ4v) is 2.18. The second-order valence-electron chi connectivity index (χ2n) is 5.31. The lowest BCUT2D eigenvalue weighted by molar-refractivity contribution is 0.497. The topological polar surface area (TPSA) is 55.0 Å². The molecular formula is C13H22N4. The molecule has 0 aliphatic carbocycles. The third-order valence-corrected chi connectivity index (χ3v) is 3.19. The number of piperidine rings is 1. The zero-order valence-corrected chi connectivity index (χ0v) is 10.8. The van der Waals surface area contributed by atoms with Crippen LogP contribution in [0.1, 0.15) is 32.4 Å². The normalized spacial score (nSPS) is 17.8. The van der Waals surface area contributed by atoms with Gasteiger partial charge >= 0.3 is 0 Å². The van der Waals surface area contributed by atoms with E-state index in [1.807, 2.05) is 0 Å². The van der Waals surface area contributed by atoms with Crippen LogP contribution in [-0.4, -0.2) is 29.3 Å². The second kappa shape index (κ2) is 5.45. The number of anilines is 1. The van der Waals surface area contributed by atoms with Gasteiger partial charge in [0.1, 0.15) is 0 Å². The Labute approximate surface area is 103 Å². The van der Waals surface area contributed by atoms with Crippen LogP contribution in [0.5, 0.6) is 0 Å². The predicted octanol–water partition coefficient (Wildman–Crippen LogP) is 1.60. The lowest BCUT2D eigenvalue weighted by atomic mass is 10.1. The molecule has 0 amide bonds. The first-order chi connectivity index (χ1) is 8.15. The first-order valence-electron chi connectivity index (χ1n) is 6.48. The highest BCUT2D eigenvalue weighted by Crippen LogP contribution is 2.16. The summed E-state index contributed by atoms with van der Waals surface area (Å²) in [5, 5.41) is 8.61. The van der Waals surface area contributed by atoms with Crippen molar-refractivity contribution < 1.29 is 0 Å². The van der Waals surface area contributed by atoms with Crippen LogP contribution < -0.4 is 10.6 Å². The van der Waals surface area contributed by atoms with E-state index in [1.54, 1.807) is 0 Å². The van der Waals surface area contributed by atoms with E-state index in [0.717, 1.165) is 43.9 Å². The van der Waals surface area contributed by atoms with Crippen molar-refractivity contribution in [2.75, 3.05) is 18.0 Å². The summed E-state index contributed by atoms with van der Waals surface area (Å²) in [5.74, 6) is 1.62. The molecule has 1 aliphatic rings. The fraction of sp³-hybridized carbons (Fsp3) is 0.692. The highest BCUT2D eigenvalue weighted by molar-refractivity contribution is 5.37. The van der Waals surface area contributed by atoms with Crippen LogP contribution in [0.3, 0.4) is 0 Å². The molecule has 1 saturated heterocycles. The average molecular weight is 234 g/mol. The Balaban J connectivity index is 1.97. The number of hydrogen-bond donors (Lipinski definition) is 1. The summed E-state index contributed by atoms with van der Waals surface area (Å²) in [6.45, 7) is 6.39. The minimum absolute atomic E-state index is 0.361. The molecule has 2 N–H and O–H groups in total. The van der Waals surface area contributed by atoms with Gasteiger partial charge in [-0.2, -0.15) is 5.10 Å². The van der Waals surface area contributed by atoms with E-state index < -0.39 is 0 Å². The average Bonchev–Trinajstić information content (AvgIpc) is 2.30. The molecule has 0 spiro atoms. The zero-order valence-electron chi connectivity index (χ0n) is 10.8. The van der Waals surface area contributed by atoms with E-state index in [4.69, 9.17) is 5.73 Å². The standard InChI is InChI=1S/C13H22N4/c1-10(2)9-12-3-4-13(16-15-12)17-7-5-11(14)6-8-17/h3-4,10-11H,5-9,14H2,1-2H3. The van der Waals surface area contributed by atoms with Gasteiger partial charge < -0.3 is 10.6 Å². The molecule has 2 rings (SSSR count). The van der Waals surface area contributed by atoms with Crippen molar-refractivity contribution in [3.8, 4) is 0 Å². The summed E-state index contributed by atoms with van der Waals surface area (Å²) in [7, 11) is 0. The van der Waals surface area contributed by atoms with Crippen molar-refractivity contribution in [1.29, 1.82) is 0 Å². The summed E-state index contributed by atoms with van der Waals surface area (Å²) in [6.07, 6.45) is 3.10. The molecule has 4 heteroatoms. The maximum Gasteiger partial charge on any atom is 0.151 e. The summed E-state index contributed by atoms with van der Waals surface area (Å²) in [5.41, 5.74) is 6.97. The highest BCUT2D eigenvalue weighted by atomic mass is 15.3. The molecule has 2 heterocycles. The number of nitrogens with two attached hydrogens (primary N) is 1. The van der Waals surface area contributed by atoms with E-state index in [2.05, 4.69) is 41.1 Å². The highest BCUT2D eigenvalue weighted by Gasteiger charge is 2.17. The lowest BCUT2D eigenvalue weighted by Crippen LogP contribution is -2.40. The van der Waals surface area contributed by atoms with Crippen LogP contribution in [0.15, 0.2) is 12.1 Å². The van der Waals surface area contributed by atoms with Gasteiger partial charge in [-0.25, -0.2) is 0 Å². The minimum atomic E-state index is 0.361. The molecule has 0 atom stereocenters. The van der Waals surface area contributed by atoms with Crippen LogP contribution in [0.25, 0.3) is 0 Å². The van der Waals surface area contributed by atoms with E-state index in [-0.39, 0.29) is 0 Å². The molecule has 0 bridgehead atoms. The van der Waals surface area contributed by atoms with Gasteiger partial charge in [-0.15, -0.1) is 5.10 Å². The first kappa shape index (κ1) is 12.3. The Morgan fingerprint density at radius 2 is 2.00 bits per heavy atom. The van der Waals surface area contributed by atoms with Crippen LogP contribution in [-0.2, 0) is 6.42 Å². The van der Waals surface area contributed by atoms with Gasteiger partial charge in [0.05, 0.1) is 5.69 Å². The molecule has 1 aliphatic heterocycles. The minimum Gasteiger partial charge on any atom is -0.355 e. The molecule has 0 saturated carbocycles. The second-order valence-corrected chi connectivity index (χ2v) is 5.31. The summed E-state index contributed by atoms with van der Waals surface area (Å²) in [4.78, 5) is 2.27. The number of rotatable bonds is 3. The van der Waals surface area contributed by atoms with E-state index in [0.29, 0.717) is 12.0 Å². The Morgan fingerprint density at radius 3 is 2.53 bits per heavy atom. The molecule has 17 heavy (non-hydrogen) atoms. The number of hydrogen-bond acceptors (Lipinski definition) is 4.